The number of rotatable bonds is 3. The second-order valence-corrected chi connectivity index (χ2v) is 6.45. The lowest BCUT2D eigenvalue weighted by Crippen LogP contribution is -2.38. The molecule has 0 spiro atoms. The lowest BCUT2D eigenvalue weighted by atomic mass is 9.95. The number of para-hydroxylation sites is 1. The number of benzene rings is 1. The normalized spacial score (nSPS) is 21.6. The van der Waals surface area contributed by atoms with E-state index in [1.807, 2.05) is 12.1 Å². The average molecular weight is 273 g/mol. The first kappa shape index (κ1) is 13.7. The Bertz CT molecular complexity index is 423. The Morgan fingerprint density at radius 3 is 2.45 bits per heavy atom. The van der Waals surface area contributed by atoms with E-state index in [1.165, 1.54) is 56.6 Å². The van der Waals surface area contributed by atoms with Crippen LogP contribution in [-0.2, 0) is 0 Å². The van der Waals surface area contributed by atoms with E-state index in [0.717, 1.165) is 24.7 Å². The van der Waals surface area contributed by atoms with E-state index in [4.69, 9.17) is 5.73 Å². The van der Waals surface area contributed by atoms with Gasteiger partial charge in [-0.1, -0.05) is 12.1 Å². The summed E-state index contributed by atoms with van der Waals surface area (Å²) in [6.07, 6.45) is 5.42. The zero-order valence-electron chi connectivity index (χ0n) is 12.6. The number of piperidine rings is 1. The van der Waals surface area contributed by atoms with Gasteiger partial charge in [0.1, 0.15) is 0 Å². The summed E-state index contributed by atoms with van der Waals surface area (Å²) in [5, 5.41) is 0. The Balaban J connectivity index is 1.58. The van der Waals surface area contributed by atoms with Crippen LogP contribution in [0.4, 0.5) is 11.4 Å². The third-order valence-corrected chi connectivity index (χ3v) is 4.91. The van der Waals surface area contributed by atoms with Crippen LogP contribution in [0.1, 0.15) is 31.2 Å². The number of aryl methyl sites for hydroxylation is 1. The van der Waals surface area contributed by atoms with E-state index < -0.39 is 0 Å². The van der Waals surface area contributed by atoms with Crippen molar-refractivity contribution in [2.45, 2.75) is 32.6 Å². The first-order valence-corrected chi connectivity index (χ1v) is 8.06. The zero-order valence-corrected chi connectivity index (χ0v) is 12.6. The molecule has 1 aromatic rings. The first-order chi connectivity index (χ1) is 9.74. The van der Waals surface area contributed by atoms with Gasteiger partial charge in [-0.2, -0.15) is 0 Å². The molecule has 2 aliphatic heterocycles. The fraction of sp³-hybridized carbons (Fsp3) is 0.647. The van der Waals surface area contributed by atoms with Gasteiger partial charge in [-0.3, -0.25) is 0 Å². The molecule has 3 nitrogen and oxygen atoms in total. The minimum atomic E-state index is 0.884. The number of likely N-dealkylation sites (tertiary alicyclic amines) is 1. The Morgan fingerprint density at radius 1 is 1.10 bits per heavy atom. The standard InChI is InChI=1S/C17H27N3/c1-14-5-4-6-16(18)17(14)20-11-7-15(8-12-20)13-19-9-2-3-10-19/h4-6,15H,2-3,7-13,18H2,1H3. The van der Waals surface area contributed by atoms with E-state index >= 15 is 0 Å². The smallest absolute Gasteiger partial charge is 0.0629 e. The molecule has 3 rings (SSSR count). The molecule has 1 aromatic carbocycles. The number of anilines is 2. The van der Waals surface area contributed by atoms with Crippen molar-refractivity contribution in [2.24, 2.45) is 5.92 Å². The van der Waals surface area contributed by atoms with E-state index in [9.17, 15) is 0 Å². The summed E-state index contributed by atoms with van der Waals surface area (Å²) < 4.78 is 0. The second kappa shape index (κ2) is 6.04. The largest absolute Gasteiger partial charge is 0.397 e. The van der Waals surface area contributed by atoms with Gasteiger partial charge in [0.05, 0.1) is 11.4 Å². The van der Waals surface area contributed by atoms with Gasteiger partial charge in [-0.05, 0) is 63.2 Å². The van der Waals surface area contributed by atoms with Crippen LogP contribution in [0.3, 0.4) is 0 Å². The molecule has 0 radical (unpaired) electrons. The van der Waals surface area contributed by atoms with Crippen molar-refractivity contribution >= 4 is 11.4 Å². The maximum absolute atomic E-state index is 6.17. The van der Waals surface area contributed by atoms with Crippen molar-refractivity contribution < 1.29 is 0 Å². The zero-order chi connectivity index (χ0) is 13.9. The highest BCUT2D eigenvalue weighted by Crippen LogP contribution is 2.31. The van der Waals surface area contributed by atoms with Gasteiger partial charge in [0.2, 0.25) is 0 Å². The van der Waals surface area contributed by atoms with Gasteiger partial charge in [0.15, 0.2) is 0 Å². The monoisotopic (exact) mass is 273 g/mol. The predicted octanol–water partition coefficient (Wildman–Crippen LogP) is 2.89. The number of hydrogen-bond acceptors (Lipinski definition) is 3. The highest BCUT2D eigenvalue weighted by atomic mass is 15.2. The summed E-state index contributed by atoms with van der Waals surface area (Å²) in [6.45, 7) is 8.45. The van der Waals surface area contributed by atoms with Crippen LogP contribution in [0, 0.1) is 12.8 Å². The minimum Gasteiger partial charge on any atom is -0.397 e. The molecule has 0 aromatic heterocycles. The molecule has 0 atom stereocenters. The predicted molar refractivity (Wildman–Crippen MR) is 86.2 cm³/mol. The molecule has 2 fully saturated rings. The van der Waals surface area contributed by atoms with Crippen LogP contribution >= 0.6 is 0 Å². The fourth-order valence-electron chi connectivity index (χ4n) is 3.78. The highest BCUT2D eigenvalue weighted by Gasteiger charge is 2.24. The van der Waals surface area contributed by atoms with Crippen LogP contribution in [0.2, 0.25) is 0 Å². The number of nitrogens with two attached hydrogens (primary N) is 1. The van der Waals surface area contributed by atoms with Crippen molar-refractivity contribution in [1.82, 2.24) is 4.90 Å². The van der Waals surface area contributed by atoms with Crippen LogP contribution < -0.4 is 10.6 Å². The Morgan fingerprint density at radius 2 is 1.80 bits per heavy atom. The van der Waals surface area contributed by atoms with Crippen molar-refractivity contribution in [1.29, 1.82) is 0 Å². The lowest BCUT2D eigenvalue weighted by Gasteiger charge is -2.36. The second-order valence-electron chi connectivity index (χ2n) is 6.45. The highest BCUT2D eigenvalue weighted by molar-refractivity contribution is 5.71. The van der Waals surface area contributed by atoms with Crippen molar-refractivity contribution in [2.75, 3.05) is 43.4 Å². The summed E-state index contributed by atoms with van der Waals surface area (Å²) in [4.78, 5) is 5.15. The van der Waals surface area contributed by atoms with Gasteiger partial charge in [-0.15, -0.1) is 0 Å². The first-order valence-electron chi connectivity index (χ1n) is 8.06. The van der Waals surface area contributed by atoms with E-state index in [-0.39, 0.29) is 0 Å². The Kier molecular flexibility index (Phi) is 4.16. The quantitative estimate of drug-likeness (QED) is 0.860. The lowest BCUT2D eigenvalue weighted by molar-refractivity contribution is 0.249. The molecule has 0 saturated carbocycles. The molecule has 2 heterocycles. The van der Waals surface area contributed by atoms with E-state index in [1.54, 1.807) is 0 Å². The molecule has 2 saturated heterocycles. The summed E-state index contributed by atoms with van der Waals surface area (Å²) >= 11 is 0. The average Bonchev–Trinajstić information content (AvgIpc) is 2.93. The van der Waals surface area contributed by atoms with Gasteiger partial charge < -0.3 is 15.5 Å². The molecule has 110 valence electrons. The molecule has 20 heavy (non-hydrogen) atoms. The topological polar surface area (TPSA) is 32.5 Å². The summed E-state index contributed by atoms with van der Waals surface area (Å²) in [5.74, 6) is 0.884. The van der Waals surface area contributed by atoms with Crippen LogP contribution in [0.5, 0.6) is 0 Å². The van der Waals surface area contributed by atoms with Crippen molar-refractivity contribution in [3.8, 4) is 0 Å². The number of nitrogens with zero attached hydrogens (tertiary/aromatic N) is 2. The fourth-order valence-corrected chi connectivity index (χ4v) is 3.78. The van der Waals surface area contributed by atoms with Crippen molar-refractivity contribution in [3.05, 3.63) is 23.8 Å². The molecular weight excluding hydrogens is 246 g/mol. The molecule has 0 unspecified atom stereocenters. The summed E-state index contributed by atoms with van der Waals surface area (Å²) in [6, 6.07) is 6.24. The molecular formula is C17H27N3. The van der Waals surface area contributed by atoms with Gasteiger partial charge in [0.25, 0.3) is 0 Å². The third kappa shape index (κ3) is 2.93. The van der Waals surface area contributed by atoms with Gasteiger partial charge in [-0.25, -0.2) is 0 Å². The van der Waals surface area contributed by atoms with Crippen LogP contribution in [0.15, 0.2) is 18.2 Å². The van der Waals surface area contributed by atoms with Crippen molar-refractivity contribution in [3.63, 3.8) is 0 Å². The number of hydrogen-bond donors (Lipinski definition) is 1. The summed E-state index contributed by atoms with van der Waals surface area (Å²) in [7, 11) is 0. The SMILES string of the molecule is Cc1cccc(N)c1N1CCC(CN2CCCC2)CC1. The maximum atomic E-state index is 6.17. The van der Waals surface area contributed by atoms with Gasteiger partial charge in [0, 0.05) is 19.6 Å². The van der Waals surface area contributed by atoms with E-state index in [0.29, 0.717) is 0 Å². The maximum Gasteiger partial charge on any atom is 0.0629 e. The third-order valence-electron chi connectivity index (χ3n) is 4.91. The Hall–Kier alpha value is -1.22. The van der Waals surface area contributed by atoms with Gasteiger partial charge >= 0.3 is 0 Å². The molecule has 3 heteroatoms. The molecule has 0 amide bonds. The molecule has 0 bridgehead atoms. The molecule has 0 aliphatic carbocycles. The minimum absolute atomic E-state index is 0.884. The van der Waals surface area contributed by atoms with E-state index in [2.05, 4.69) is 22.8 Å². The molecule has 2 aliphatic rings. The van der Waals surface area contributed by atoms with Crippen LogP contribution in [-0.4, -0.2) is 37.6 Å². The number of nitrogen functional groups attached to an aromatic ring is 1. The molecule has 2 N–H and O–H groups in total. The van der Waals surface area contributed by atoms with Crippen LogP contribution in [0.25, 0.3) is 0 Å². The summed E-state index contributed by atoms with van der Waals surface area (Å²) in [5.41, 5.74) is 9.68. The Labute approximate surface area is 122 Å².